The van der Waals surface area contributed by atoms with E-state index in [2.05, 4.69) is 0 Å². The summed E-state index contributed by atoms with van der Waals surface area (Å²) in [5, 5.41) is 17.4. The third-order valence-electron chi connectivity index (χ3n) is 2.40. The van der Waals surface area contributed by atoms with Gasteiger partial charge in [-0.2, -0.15) is 0 Å². The fourth-order valence-corrected chi connectivity index (χ4v) is 1.72. The molecule has 0 bridgehead atoms. The van der Waals surface area contributed by atoms with Gasteiger partial charge in [-0.15, -0.1) is 0 Å². The van der Waals surface area contributed by atoms with E-state index in [0.717, 1.165) is 12.8 Å². The molecule has 1 rings (SSSR count). The fraction of sp³-hybridized carbons (Fsp3) is 0.857. The molecule has 0 aromatic heterocycles. The van der Waals surface area contributed by atoms with Crippen molar-refractivity contribution in [3.05, 3.63) is 0 Å². The lowest BCUT2D eigenvalue weighted by Gasteiger charge is -2.24. The molecular formula is C14H34O6. The standard InChI is InChI=1S/C8H12O4.3C2H6.2H2O/c9-7(10)5-3-1-2-4-6(5)8(11)12;3*1-2;;/h5-6H,1-4H2,(H,9,10)(H,11,12);3*1-2H3;2*1H2. The third-order valence-corrected chi connectivity index (χ3v) is 2.40. The van der Waals surface area contributed by atoms with Crippen molar-refractivity contribution in [2.24, 2.45) is 11.8 Å². The summed E-state index contributed by atoms with van der Waals surface area (Å²) in [6, 6.07) is 0. The molecule has 2 atom stereocenters. The van der Waals surface area contributed by atoms with E-state index >= 15 is 0 Å². The monoisotopic (exact) mass is 298 g/mol. The SMILES string of the molecule is CC.CC.CC.O.O.O=C(O)C1CCCCC1C(=O)O. The molecule has 2 unspecified atom stereocenters. The third kappa shape index (κ3) is 13.3. The molecule has 0 radical (unpaired) electrons. The van der Waals surface area contributed by atoms with E-state index in [1.165, 1.54) is 0 Å². The van der Waals surface area contributed by atoms with E-state index in [1.54, 1.807) is 0 Å². The Hall–Kier alpha value is -1.14. The van der Waals surface area contributed by atoms with Crippen LogP contribution in [0.15, 0.2) is 0 Å². The highest BCUT2D eigenvalue weighted by molar-refractivity contribution is 5.80. The molecule has 1 fully saturated rings. The molecule has 20 heavy (non-hydrogen) atoms. The van der Waals surface area contributed by atoms with Crippen LogP contribution in [0, 0.1) is 11.8 Å². The first-order chi connectivity index (χ1) is 8.63. The van der Waals surface area contributed by atoms with Crippen LogP contribution >= 0.6 is 0 Å². The maximum absolute atomic E-state index is 10.6. The second kappa shape index (κ2) is 23.0. The molecule has 6 N–H and O–H groups in total. The van der Waals surface area contributed by atoms with Crippen molar-refractivity contribution in [3.63, 3.8) is 0 Å². The van der Waals surface area contributed by atoms with E-state index in [4.69, 9.17) is 10.2 Å². The number of carboxylic acid groups (broad SMARTS) is 2. The molecule has 0 aromatic carbocycles. The molecule has 0 aromatic rings. The van der Waals surface area contributed by atoms with Crippen molar-refractivity contribution < 1.29 is 30.8 Å². The molecule has 0 saturated heterocycles. The summed E-state index contributed by atoms with van der Waals surface area (Å²) in [5.74, 6) is -3.28. The average molecular weight is 298 g/mol. The van der Waals surface area contributed by atoms with Gasteiger partial charge in [-0.3, -0.25) is 9.59 Å². The molecule has 6 nitrogen and oxygen atoms in total. The van der Waals surface area contributed by atoms with Crippen LogP contribution in [-0.4, -0.2) is 33.1 Å². The Morgan fingerprint density at radius 1 is 0.700 bits per heavy atom. The number of hydrogen-bond acceptors (Lipinski definition) is 2. The van der Waals surface area contributed by atoms with Gasteiger partial charge >= 0.3 is 11.9 Å². The normalized spacial score (nSPS) is 18.7. The molecule has 0 aliphatic heterocycles. The number of rotatable bonds is 2. The number of carbonyl (C=O) groups is 2. The Labute approximate surface area is 122 Å². The quantitative estimate of drug-likeness (QED) is 0.808. The van der Waals surface area contributed by atoms with Crippen LogP contribution in [0.5, 0.6) is 0 Å². The lowest BCUT2D eigenvalue weighted by molar-refractivity contribution is -0.155. The molecule has 0 spiro atoms. The van der Waals surface area contributed by atoms with Crippen LogP contribution < -0.4 is 0 Å². The maximum atomic E-state index is 10.6. The van der Waals surface area contributed by atoms with Crippen molar-refractivity contribution in [2.75, 3.05) is 0 Å². The molecule has 0 amide bonds. The number of hydrogen-bond donors (Lipinski definition) is 2. The number of aliphatic carboxylic acids is 2. The Bertz CT molecular complexity index is 184. The van der Waals surface area contributed by atoms with Crippen LogP contribution in [0.1, 0.15) is 67.2 Å². The van der Waals surface area contributed by atoms with Gasteiger partial charge in [-0.1, -0.05) is 54.4 Å². The summed E-state index contributed by atoms with van der Waals surface area (Å²) in [6.07, 6.45) is 2.68. The predicted molar refractivity (Wildman–Crippen MR) is 82.0 cm³/mol. The molecule has 1 aliphatic rings. The Kier molecular flexibility index (Phi) is 36.0. The summed E-state index contributed by atoms with van der Waals surface area (Å²) in [4.78, 5) is 21.2. The van der Waals surface area contributed by atoms with Gasteiger partial charge in [0.15, 0.2) is 0 Å². The summed E-state index contributed by atoms with van der Waals surface area (Å²) < 4.78 is 0. The molecule has 6 heteroatoms. The van der Waals surface area contributed by atoms with Gasteiger partial charge in [-0.25, -0.2) is 0 Å². The minimum Gasteiger partial charge on any atom is -0.481 e. The molecular weight excluding hydrogens is 264 g/mol. The van der Waals surface area contributed by atoms with Crippen molar-refractivity contribution in [3.8, 4) is 0 Å². The summed E-state index contributed by atoms with van der Waals surface area (Å²) in [6.45, 7) is 12.0. The largest absolute Gasteiger partial charge is 0.481 e. The van der Waals surface area contributed by atoms with Crippen LogP contribution in [0.25, 0.3) is 0 Å². The second-order valence-corrected chi connectivity index (χ2v) is 3.17. The van der Waals surface area contributed by atoms with Gasteiger partial charge in [0.2, 0.25) is 0 Å². The zero-order chi connectivity index (χ0) is 15.1. The summed E-state index contributed by atoms with van der Waals surface area (Å²) in [7, 11) is 0. The predicted octanol–water partition coefficient (Wildman–Crippen LogP) is 2.39. The Balaban J connectivity index is -0.0000000833. The molecule has 1 aliphatic carbocycles. The van der Waals surface area contributed by atoms with E-state index < -0.39 is 23.8 Å². The Morgan fingerprint density at radius 2 is 0.900 bits per heavy atom. The first-order valence-corrected chi connectivity index (χ1v) is 7.08. The highest BCUT2D eigenvalue weighted by Crippen LogP contribution is 2.30. The molecule has 1 saturated carbocycles. The summed E-state index contributed by atoms with van der Waals surface area (Å²) >= 11 is 0. The lowest BCUT2D eigenvalue weighted by Crippen LogP contribution is -2.32. The molecule has 0 heterocycles. The minimum atomic E-state index is -0.970. The van der Waals surface area contributed by atoms with Crippen LogP contribution in [0.2, 0.25) is 0 Å². The van der Waals surface area contributed by atoms with E-state index in [-0.39, 0.29) is 11.0 Å². The first-order valence-electron chi connectivity index (χ1n) is 7.08. The maximum Gasteiger partial charge on any atom is 0.307 e. The zero-order valence-corrected chi connectivity index (χ0v) is 13.7. The van der Waals surface area contributed by atoms with Gasteiger partial charge in [0.25, 0.3) is 0 Å². The topological polar surface area (TPSA) is 138 Å². The van der Waals surface area contributed by atoms with Crippen molar-refractivity contribution in [1.82, 2.24) is 0 Å². The van der Waals surface area contributed by atoms with Crippen molar-refractivity contribution in [1.29, 1.82) is 0 Å². The van der Waals surface area contributed by atoms with Gasteiger partial charge in [-0.05, 0) is 12.8 Å². The highest BCUT2D eigenvalue weighted by Gasteiger charge is 2.35. The van der Waals surface area contributed by atoms with Gasteiger partial charge in [0.05, 0.1) is 11.8 Å². The van der Waals surface area contributed by atoms with E-state index in [0.29, 0.717) is 12.8 Å². The average Bonchev–Trinajstić information content (AvgIpc) is 2.45. The van der Waals surface area contributed by atoms with E-state index in [9.17, 15) is 9.59 Å². The van der Waals surface area contributed by atoms with Crippen molar-refractivity contribution in [2.45, 2.75) is 67.2 Å². The smallest absolute Gasteiger partial charge is 0.307 e. The zero-order valence-electron chi connectivity index (χ0n) is 13.7. The lowest BCUT2D eigenvalue weighted by atomic mass is 9.79. The van der Waals surface area contributed by atoms with Gasteiger partial charge < -0.3 is 21.2 Å². The van der Waals surface area contributed by atoms with E-state index in [1.807, 2.05) is 41.5 Å². The van der Waals surface area contributed by atoms with Crippen molar-refractivity contribution >= 4 is 11.9 Å². The second-order valence-electron chi connectivity index (χ2n) is 3.17. The van der Waals surface area contributed by atoms with Crippen LogP contribution in [0.3, 0.4) is 0 Å². The molecule has 126 valence electrons. The van der Waals surface area contributed by atoms with Gasteiger partial charge in [0, 0.05) is 0 Å². The first kappa shape index (κ1) is 31.3. The Morgan fingerprint density at radius 3 is 1.05 bits per heavy atom. The van der Waals surface area contributed by atoms with Gasteiger partial charge in [0.1, 0.15) is 0 Å². The van der Waals surface area contributed by atoms with Crippen LogP contribution in [0.4, 0.5) is 0 Å². The highest BCUT2D eigenvalue weighted by atomic mass is 16.4. The summed E-state index contributed by atoms with van der Waals surface area (Å²) in [5.41, 5.74) is 0. The fourth-order valence-electron chi connectivity index (χ4n) is 1.72. The number of carboxylic acids is 2. The van der Waals surface area contributed by atoms with Crippen LogP contribution in [-0.2, 0) is 9.59 Å². The minimum absolute atomic E-state index is 0.